The molecule has 0 saturated carbocycles. The van der Waals surface area contributed by atoms with Gasteiger partial charge in [0.05, 0.1) is 0 Å². The lowest BCUT2D eigenvalue weighted by Gasteiger charge is -2.03. The summed E-state index contributed by atoms with van der Waals surface area (Å²) in [4.78, 5) is 0. The molecule has 8 rings (SSSR count). The number of thiazole rings is 4. The van der Waals surface area contributed by atoms with Crippen molar-refractivity contribution in [2.24, 2.45) is 14.1 Å². The second kappa shape index (κ2) is 14.0. The molecule has 4 aromatic heterocycles. The number of rotatable bonds is 9. The zero-order chi connectivity index (χ0) is 34.2. The minimum absolute atomic E-state index is 0.977. The Morgan fingerprint density at radius 1 is 0.500 bits per heavy atom. The van der Waals surface area contributed by atoms with Crippen molar-refractivity contribution in [3.63, 3.8) is 0 Å². The highest BCUT2D eigenvalue weighted by molar-refractivity contribution is 7.19. The van der Waals surface area contributed by atoms with Gasteiger partial charge in [-0.15, -0.1) is 0 Å². The molecule has 0 aliphatic rings. The number of aromatic nitrogens is 4. The van der Waals surface area contributed by atoms with Gasteiger partial charge in [-0.25, -0.2) is 0 Å². The number of benzene rings is 4. The number of para-hydroxylation sites is 4. The van der Waals surface area contributed by atoms with Crippen LogP contribution in [-0.4, -0.2) is 0 Å². The molecule has 4 aromatic carbocycles. The van der Waals surface area contributed by atoms with Crippen LogP contribution in [0.1, 0.15) is 35.7 Å². The monoisotopic (exact) mass is 726 g/mol. The Hall–Kier alpha value is -4.60. The average Bonchev–Trinajstić information content (AvgIpc) is 3.84. The smallest absolute Gasteiger partial charge is 0.185 e. The van der Waals surface area contributed by atoms with Crippen LogP contribution in [0.4, 0.5) is 0 Å². The fourth-order valence-electron chi connectivity index (χ4n) is 6.48. The van der Waals surface area contributed by atoms with Gasteiger partial charge in [-0.1, -0.05) is 93.9 Å². The molecule has 246 valence electrons. The lowest BCUT2D eigenvalue weighted by Crippen LogP contribution is -2.30. The second-order valence-corrected chi connectivity index (χ2v) is 16.8. The number of hydrogen-bond acceptors (Lipinski definition) is 4. The Morgan fingerprint density at radius 2 is 0.840 bits per heavy atom. The third-order valence-electron chi connectivity index (χ3n) is 9.23. The van der Waals surface area contributed by atoms with Crippen LogP contribution < -0.4 is 26.9 Å². The van der Waals surface area contributed by atoms with Gasteiger partial charge in [-0.2, -0.15) is 17.6 Å². The summed E-state index contributed by atoms with van der Waals surface area (Å²) in [7, 11) is 4.35. The number of aryl methyl sites for hydroxylation is 2. The van der Waals surface area contributed by atoms with Crippen LogP contribution in [0.2, 0.25) is 0 Å². The van der Waals surface area contributed by atoms with Crippen LogP contribution in [0, 0.1) is 13.4 Å². The number of nitrogens with zero attached hydrogens (tertiary/aromatic N) is 4. The van der Waals surface area contributed by atoms with Gasteiger partial charge in [0.1, 0.15) is 46.3 Å². The van der Waals surface area contributed by atoms with Gasteiger partial charge in [0.15, 0.2) is 0 Å². The largest absolute Gasteiger partial charge is 0.267 e. The van der Waals surface area contributed by atoms with Gasteiger partial charge in [0.25, 0.3) is 19.3 Å². The molecule has 0 atom stereocenters. The molecule has 0 saturated heterocycles. The van der Waals surface area contributed by atoms with E-state index in [1.807, 2.05) is 22.7 Å². The van der Waals surface area contributed by atoms with Crippen LogP contribution in [0.25, 0.3) is 65.2 Å². The van der Waals surface area contributed by atoms with E-state index in [4.69, 9.17) is 0 Å². The van der Waals surface area contributed by atoms with Crippen molar-refractivity contribution < 1.29 is 17.6 Å². The van der Waals surface area contributed by atoms with Crippen molar-refractivity contribution in [3.8, 4) is 0 Å². The quantitative estimate of drug-likeness (QED) is 0.106. The van der Waals surface area contributed by atoms with Gasteiger partial charge in [0.2, 0.25) is 22.1 Å². The van der Waals surface area contributed by atoms with E-state index in [1.54, 1.807) is 22.7 Å². The molecule has 0 unspecified atom stereocenters. The number of unbranched alkanes of at least 4 members (excludes halogenated alkanes) is 1. The van der Waals surface area contributed by atoms with E-state index in [9.17, 15) is 0 Å². The lowest BCUT2D eigenvalue weighted by molar-refractivity contribution is -0.642. The van der Waals surface area contributed by atoms with E-state index in [1.165, 1.54) is 62.0 Å². The molecule has 4 heterocycles. The highest BCUT2D eigenvalue weighted by Crippen LogP contribution is 2.26. The highest BCUT2D eigenvalue weighted by Gasteiger charge is 2.18. The summed E-state index contributed by atoms with van der Waals surface area (Å²) in [5, 5.41) is 2.51. The van der Waals surface area contributed by atoms with Crippen LogP contribution in [0.5, 0.6) is 0 Å². The first-order valence-electron chi connectivity index (χ1n) is 16.8. The Kier molecular flexibility index (Phi) is 9.10. The number of hydrogen-bond donors (Lipinski definition) is 0. The Balaban J connectivity index is 1.13. The maximum absolute atomic E-state index is 4.41. The minimum Gasteiger partial charge on any atom is -0.185 e. The molecule has 8 aromatic rings. The molecular weight excluding hydrogens is 689 g/mol. The zero-order valence-electron chi connectivity index (χ0n) is 28.2. The van der Waals surface area contributed by atoms with Gasteiger partial charge < -0.3 is 0 Å². The summed E-state index contributed by atoms with van der Waals surface area (Å²) in [6.07, 6.45) is 13.6. The molecule has 50 heavy (non-hydrogen) atoms. The average molecular weight is 727 g/mol. The van der Waals surface area contributed by atoms with Crippen molar-refractivity contribution in [2.45, 2.75) is 25.7 Å². The van der Waals surface area contributed by atoms with Crippen molar-refractivity contribution in [1.29, 1.82) is 0 Å². The van der Waals surface area contributed by atoms with Crippen molar-refractivity contribution in [2.75, 3.05) is 0 Å². The Labute approximate surface area is 307 Å². The molecule has 0 amide bonds. The summed E-state index contributed by atoms with van der Waals surface area (Å²) in [6, 6.07) is 34.4. The van der Waals surface area contributed by atoms with E-state index in [0.29, 0.717) is 0 Å². The molecule has 0 bridgehead atoms. The molecule has 0 aliphatic heterocycles. The number of allylic oxidation sites excluding steroid dienone is 2. The van der Waals surface area contributed by atoms with Crippen molar-refractivity contribution in [3.05, 3.63) is 141 Å². The molecule has 0 radical (unpaired) electrons. The topological polar surface area (TPSA) is 19.6 Å². The summed E-state index contributed by atoms with van der Waals surface area (Å²) >= 11 is 7.30. The van der Waals surface area contributed by atoms with Crippen LogP contribution in [0.3, 0.4) is 0 Å². The minimum atomic E-state index is 0.977. The predicted molar refractivity (Wildman–Crippen MR) is 214 cm³/mol. The molecule has 8 heteroatoms. The predicted octanol–water partition coefficient (Wildman–Crippen LogP) is 8.04. The van der Waals surface area contributed by atoms with E-state index in [-0.39, 0.29) is 0 Å². The van der Waals surface area contributed by atoms with E-state index in [2.05, 4.69) is 167 Å². The summed E-state index contributed by atoms with van der Waals surface area (Å²) in [5.74, 6) is 0. The molecular formula is C42H38N4S4+4. The molecule has 0 aliphatic carbocycles. The first-order valence-corrected chi connectivity index (χ1v) is 20.0. The molecule has 0 spiro atoms. The maximum atomic E-state index is 4.41. The Bertz CT molecular complexity index is 2650. The van der Waals surface area contributed by atoms with Crippen molar-refractivity contribution >= 4 is 111 Å². The van der Waals surface area contributed by atoms with Crippen LogP contribution in [-0.2, 0) is 14.1 Å². The van der Waals surface area contributed by atoms with E-state index in [0.717, 1.165) is 35.0 Å². The first-order chi connectivity index (χ1) is 24.4. The van der Waals surface area contributed by atoms with Crippen LogP contribution in [0.15, 0.2) is 108 Å². The summed E-state index contributed by atoms with van der Waals surface area (Å²) < 4.78 is 16.2. The highest BCUT2D eigenvalue weighted by atomic mass is 32.1. The SMILES string of the molecule is C=[n+]1/c(=C/C(=Cc2sc3ccccc3[n+]2C)CCCCC(=Cc2sc3ccccc3[n+]2C)/C=c2/sc3ccccc3[n+]2=C)sc2ccccc21. The molecule has 0 N–H and O–H groups in total. The molecule has 0 fully saturated rings. The first kappa shape index (κ1) is 32.6. The lowest BCUT2D eigenvalue weighted by atomic mass is 10.0. The van der Waals surface area contributed by atoms with Gasteiger partial charge >= 0.3 is 0 Å². The Morgan fingerprint density at radius 3 is 1.20 bits per heavy atom. The standard InChI is InChI=1S/C42H38N4S4/c1-43-31-17-7-11-21-35(31)47-39(43)25-29(26-40-44(2)32-18-8-12-22-36(32)48-40)15-5-6-16-30(27-41-45(3)33-19-9-13-23-37(33)49-41)28-42-46(4)34-20-10-14-24-38(34)50-42/h7-14,17-28H,1,3,5-6,15-16H2,2,4H3/q+4/b29-26?,30-28?,39-25-,41-27+. The fraction of sp³-hybridized carbons (Fsp3) is 0.143. The zero-order valence-corrected chi connectivity index (χ0v) is 31.5. The second-order valence-electron chi connectivity index (χ2n) is 12.5. The van der Waals surface area contributed by atoms with Gasteiger partial charge in [0, 0.05) is 48.6 Å². The third kappa shape index (κ3) is 6.40. The maximum Gasteiger partial charge on any atom is 0.267 e. The van der Waals surface area contributed by atoms with Gasteiger partial charge in [-0.05, 0) is 61.1 Å². The summed E-state index contributed by atoms with van der Waals surface area (Å²) in [6.45, 7) is 8.83. The van der Waals surface area contributed by atoms with Crippen LogP contribution >= 0.6 is 45.3 Å². The fourth-order valence-corrected chi connectivity index (χ4v) is 10.9. The third-order valence-corrected chi connectivity index (χ3v) is 13.8. The van der Waals surface area contributed by atoms with Gasteiger partial charge in [-0.3, -0.25) is 0 Å². The molecule has 4 nitrogen and oxygen atoms in total. The summed E-state index contributed by atoms with van der Waals surface area (Å²) in [5.41, 5.74) is 7.50. The van der Waals surface area contributed by atoms with E-state index < -0.39 is 0 Å². The number of fused-ring (bicyclic) bond motifs is 4. The van der Waals surface area contributed by atoms with E-state index >= 15 is 0 Å². The normalized spacial score (nSPS) is 13.6. The van der Waals surface area contributed by atoms with Crippen molar-refractivity contribution in [1.82, 2.24) is 0 Å².